The Balaban J connectivity index is 2.88. The number of hydrogen-bond donors (Lipinski definition) is 1. The molecule has 0 radical (unpaired) electrons. The van der Waals surface area contributed by atoms with Crippen molar-refractivity contribution in [3.05, 3.63) is 21.0 Å². The van der Waals surface area contributed by atoms with Crippen LogP contribution in [0, 0.1) is 0 Å². The van der Waals surface area contributed by atoms with Gasteiger partial charge < -0.3 is 5.32 Å². The molecule has 0 fully saturated rings. The molecule has 0 saturated carbocycles. The lowest BCUT2D eigenvalue weighted by Crippen LogP contribution is -2.29. The van der Waals surface area contributed by atoms with Crippen molar-refractivity contribution in [2.75, 3.05) is 17.3 Å². The maximum atomic E-state index is 12.1. The van der Waals surface area contributed by atoms with E-state index < -0.39 is 9.84 Å². The summed E-state index contributed by atoms with van der Waals surface area (Å²) < 4.78 is 24.2. The summed E-state index contributed by atoms with van der Waals surface area (Å²) in [6.45, 7) is 4.37. The molecule has 0 aliphatic rings. The van der Waals surface area contributed by atoms with Gasteiger partial charge in [0.15, 0.2) is 0 Å². The minimum Gasteiger partial charge on any atom is -0.379 e. The number of aryl methyl sites for hydroxylation is 1. The van der Waals surface area contributed by atoms with Crippen LogP contribution in [-0.2, 0) is 16.4 Å². The second-order valence-electron chi connectivity index (χ2n) is 4.89. The van der Waals surface area contributed by atoms with Gasteiger partial charge in [-0.2, -0.15) is 5.10 Å². The maximum Gasteiger partial charge on any atom is 0.283 e. The Kier molecular flexibility index (Phi) is 6.19. The van der Waals surface area contributed by atoms with E-state index in [0.29, 0.717) is 16.7 Å². The Morgan fingerprint density at radius 1 is 1.50 bits per heavy atom. The SMILES string of the molecule is CCCCn1ncc(NC(C)CS(C)(=O)=O)c(Br)c1=O. The molecule has 1 heterocycles. The number of halogens is 1. The summed E-state index contributed by atoms with van der Waals surface area (Å²) in [5.74, 6) is -0.00163. The van der Waals surface area contributed by atoms with Crippen LogP contribution in [0.25, 0.3) is 0 Å². The zero-order valence-electron chi connectivity index (χ0n) is 11.9. The molecule has 0 aliphatic carbocycles. The standard InChI is InChI=1S/C12H20BrN3O3S/c1-4-5-6-16-12(17)11(13)10(7-14-16)15-9(2)8-20(3,18)19/h7,9,15H,4-6,8H2,1-3H3. The van der Waals surface area contributed by atoms with E-state index in [1.165, 1.54) is 10.9 Å². The van der Waals surface area contributed by atoms with Crippen LogP contribution in [0.1, 0.15) is 26.7 Å². The quantitative estimate of drug-likeness (QED) is 0.794. The molecule has 0 aromatic carbocycles. The highest BCUT2D eigenvalue weighted by Crippen LogP contribution is 2.17. The summed E-state index contributed by atoms with van der Waals surface area (Å²) in [5, 5.41) is 7.08. The number of nitrogens with zero attached hydrogens (tertiary/aromatic N) is 2. The molecule has 0 bridgehead atoms. The van der Waals surface area contributed by atoms with Crippen molar-refractivity contribution >= 4 is 31.5 Å². The zero-order valence-corrected chi connectivity index (χ0v) is 14.3. The highest BCUT2D eigenvalue weighted by molar-refractivity contribution is 9.10. The number of sulfone groups is 1. The van der Waals surface area contributed by atoms with Gasteiger partial charge in [0.25, 0.3) is 5.56 Å². The third-order valence-electron chi connectivity index (χ3n) is 2.66. The minimum atomic E-state index is -3.07. The van der Waals surface area contributed by atoms with E-state index in [0.717, 1.165) is 12.8 Å². The monoisotopic (exact) mass is 365 g/mol. The molecule has 1 aromatic rings. The molecule has 1 aromatic heterocycles. The van der Waals surface area contributed by atoms with Crippen LogP contribution in [0.5, 0.6) is 0 Å². The molecule has 1 atom stereocenters. The van der Waals surface area contributed by atoms with Gasteiger partial charge in [-0.15, -0.1) is 0 Å². The van der Waals surface area contributed by atoms with Gasteiger partial charge in [0, 0.05) is 18.8 Å². The average molecular weight is 366 g/mol. The number of unbranched alkanes of at least 4 members (excludes halogenated alkanes) is 1. The maximum absolute atomic E-state index is 12.1. The molecule has 1 unspecified atom stereocenters. The fourth-order valence-corrected chi connectivity index (χ4v) is 3.21. The molecule has 8 heteroatoms. The van der Waals surface area contributed by atoms with Crippen molar-refractivity contribution < 1.29 is 8.42 Å². The van der Waals surface area contributed by atoms with Crippen molar-refractivity contribution in [1.82, 2.24) is 9.78 Å². The fraction of sp³-hybridized carbons (Fsp3) is 0.667. The van der Waals surface area contributed by atoms with E-state index >= 15 is 0 Å². The largest absolute Gasteiger partial charge is 0.379 e. The molecule has 20 heavy (non-hydrogen) atoms. The third-order valence-corrected chi connectivity index (χ3v) is 4.53. The van der Waals surface area contributed by atoms with Crippen LogP contribution in [0.3, 0.4) is 0 Å². The second-order valence-corrected chi connectivity index (χ2v) is 7.87. The summed E-state index contributed by atoms with van der Waals surface area (Å²) in [4.78, 5) is 12.1. The smallest absolute Gasteiger partial charge is 0.283 e. The van der Waals surface area contributed by atoms with Gasteiger partial charge in [0.1, 0.15) is 14.3 Å². The van der Waals surface area contributed by atoms with Gasteiger partial charge in [-0.25, -0.2) is 13.1 Å². The number of anilines is 1. The molecule has 0 aliphatic heterocycles. The minimum absolute atomic E-state index is 0.00163. The van der Waals surface area contributed by atoms with Crippen molar-refractivity contribution in [3.63, 3.8) is 0 Å². The first-order valence-electron chi connectivity index (χ1n) is 6.44. The highest BCUT2D eigenvalue weighted by atomic mass is 79.9. The van der Waals surface area contributed by atoms with E-state index in [4.69, 9.17) is 0 Å². The molecule has 1 N–H and O–H groups in total. The van der Waals surface area contributed by atoms with E-state index in [1.807, 2.05) is 6.92 Å². The number of rotatable bonds is 7. The first-order chi connectivity index (χ1) is 9.24. The van der Waals surface area contributed by atoms with Gasteiger partial charge in [-0.05, 0) is 29.3 Å². The number of hydrogen-bond acceptors (Lipinski definition) is 5. The molecule has 114 valence electrons. The Labute approximate surface area is 127 Å². The Hall–Kier alpha value is -0.890. The van der Waals surface area contributed by atoms with Gasteiger partial charge in [0.05, 0.1) is 17.6 Å². The predicted octanol–water partition coefficient (Wildman–Crippen LogP) is 1.65. The zero-order chi connectivity index (χ0) is 15.3. The van der Waals surface area contributed by atoms with Crippen LogP contribution in [0.15, 0.2) is 15.5 Å². The highest BCUT2D eigenvalue weighted by Gasteiger charge is 2.14. The lowest BCUT2D eigenvalue weighted by atomic mass is 10.3. The fourth-order valence-electron chi connectivity index (χ4n) is 1.79. The Bertz CT molecular complexity index is 613. The number of nitrogens with one attached hydrogen (secondary N) is 1. The molecule has 6 nitrogen and oxygen atoms in total. The van der Waals surface area contributed by atoms with E-state index in [-0.39, 0.29) is 17.4 Å². The van der Waals surface area contributed by atoms with E-state index in [9.17, 15) is 13.2 Å². The summed E-state index contributed by atoms with van der Waals surface area (Å²) in [5.41, 5.74) is 0.300. The predicted molar refractivity (Wildman–Crippen MR) is 83.9 cm³/mol. The van der Waals surface area contributed by atoms with Crippen LogP contribution < -0.4 is 10.9 Å². The second kappa shape index (κ2) is 7.21. The van der Waals surface area contributed by atoms with Gasteiger partial charge >= 0.3 is 0 Å². The summed E-state index contributed by atoms with van der Waals surface area (Å²) in [7, 11) is -3.07. The van der Waals surface area contributed by atoms with E-state index in [2.05, 4.69) is 26.3 Å². The molecule has 0 saturated heterocycles. The summed E-state index contributed by atoms with van der Waals surface area (Å²) >= 11 is 3.25. The first-order valence-corrected chi connectivity index (χ1v) is 9.29. The van der Waals surface area contributed by atoms with Gasteiger partial charge in [-0.3, -0.25) is 4.79 Å². The Morgan fingerprint density at radius 3 is 2.70 bits per heavy atom. The van der Waals surface area contributed by atoms with Crippen LogP contribution in [0.2, 0.25) is 0 Å². The normalized spacial score (nSPS) is 13.2. The molecular weight excluding hydrogens is 346 g/mol. The number of aromatic nitrogens is 2. The van der Waals surface area contributed by atoms with Gasteiger partial charge in [-0.1, -0.05) is 13.3 Å². The van der Waals surface area contributed by atoms with Crippen molar-refractivity contribution in [3.8, 4) is 0 Å². The molecule has 0 amide bonds. The first kappa shape index (κ1) is 17.2. The van der Waals surface area contributed by atoms with Crippen molar-refractivity contribution in [1.29, 1.82) is 0 Å². The third kappa shape index (κ3) is 5.24. The molecular formula is C12H20BrN3O3S. The van der Waals surface area contributed by atoms with E-state index in [1.54, 1.807) is 13.1 Å². The Morgan fingerprint density at radius 2 is 2.15 bits per heavy atom. The van der Waals surface area contributed by atoms with Crippen molar-refractivity contribution in [2.45, 2.75) is 39.3 Å². The topological polar surface area (TPSA) is 81.1 Å². The lowest BCUT2D eigenvalue weighted by Gasteiger charge is -2.15. The van der Waals surface area contributed by atoms with Crippen LogP contribution in [0.4, 0.5) is 5.69 Å². The van der Waals surface area contributed by atoms with Gasteiger partial charge in [0.2, 0.25) is 0 Å². The molecule has 1 rings (SSSR count). The average Bonchev–Trinajstić information content (AvgIpc) is 2.32. The summed E-state index contributed by atoms with van der Waals surface area (Å²) in [6, 6.07) is -0.297. The summed E-state index contributed by atoms with van der Waals surface area (Å²) in [6.07, 6.45) is 4.59. The lowest BCUT2D eigenvalue weighted by molar-refractivity contribution is 0.541. The van der Waals surface area contributed by atoms with Crippen LogP contribution in [-0.4, -0.2) is 36.2 Å². The molecule has 0 spiro atoms. The van der Waals surface area contributed by atoms with Crippen LogP contribution >= 0.6 is 15.9 Å². The van der Waals surface area contributed by atoms with Crippen molar-refractivity contribution in [2.24, 2.45) is 0 Å².